The summed E-state index contributed by atoms with van der Waals surface area (Å²) in [5.41, 5.74) is 7.33. The van der Waals surface area contributed by atoms with E-state index in [1.807, 2.05) is 12.1 Å². The summed E-state index contributed by atoms with van der Waals surface area (Å²) < 4.78 is 0.817. The lowest BCUT2D eigenvalue weighted by Crippen LogP contribution is -2.12. The summed E-state index contributed by atoms with van der Waals surface area (Å²) in [6, 6.07) is 7.11. The van der Waals surface area contributed by atoms with Gasteiger partial charge in [0, 0.05) is 17.1 Å². The second kappa shape index (κ2) is 5.11. The van der Waals surface area contributed by atoms with E-state index in [1.165, 1.54) is 0 Å². The number of aliphatic hydroxyl groups is 1. The number of rotatable bonds is 3. The summed E-state index contributed by atoms with van der Waals surface area (Å²) in [6.45, 7) is 0.0631. The van der Waals surface area contributed by atoms with E-state index in [2.05, 4.69) is 15.9 Å². The number of hydrogen-bond donors (Lipinski definition) is 2. The van der Waals surface area contributed by atoms with Gasteiger partial charge in [-0.2, -0.15) is 5.26 Å². The Kier molecular flexibility index (Phi) is 4.08. The van der Waals surface area contributed by atoms with Crippen LogP contribution in [0, 0.1) is 11.3 Å². The van der Waals surface area contributed by atoms with Crippen molar-refractivity contribution in [1.82, 2.24) is 0 Å². The highest BCUT2D eigenvalue weighted by atomic mass is 79.9. The van der Waals surface area contributed by atoms with Gasteiger partial charge >= 0.3 is 0 Å². The van der Waals surface area contributed by atoms with Crippen LogP contribution in [0.25, 0.3) is 0 Å². The molecule has 0 bridgehead atoms. The molecule has 14 heavy (non-hydrogen) atoms. The molecule has 0 aliphatic heterocycles. The van der Waals surface area contributed by atoms with Crippen LogP contribution in [0.5, 0.6) is 0 Å². The molecule has 0 saturated carbocycles. The van der Waals surface area contributed by atoms with Crippen molar-refractivity contribution in [3.63, 3.8) is 0 Å². The van der Waals surface area contributed by atoms with E-state index in [0.717, 1.165) is 10.0 Å². The van der Waals surface area contributed by atoms with Gasteiger partial charge in [-0.3, -0.25) is 0 Å². The van der Waals surface area contributed by atoms with Gasteiger partial charge in [0.05, 0.1) is 11.6 Å². The van der Waals surface area contributed by atoms with Crippen LogP contribution in [0.15, 0.2) is 22.7 Å². The predicted octanol–water partition coefficient (Wildman–Crippen LogP) is 1.70. The van der Waals surface area contributed by atoms with Crippen LogP contribution < -0.4 is 5.73 Å². The second-order valence-electron chi connectivity index (χ2n) is 2.97. The molecule has 3 N–H and O–H groups in total. The van der Waals surface area contributed by atoms with Crippen LogP contribution >= 0.6 is 15.9 Å². The highest BCUT2D eigenvalue weighted by Gasteiger charge is 2.09. The molecule has 0 amide bonds. The summed E-state index contributed by atoms with van der Waals surface area (Å²) in [6.07, 6.45) is 0.518. The zero-order valence-corrected chi connectivity index (χ0v) is 9.16. The number of hydrogen-bond acceptors (Lipinski definition) is 3. The van der Waals surface area contributed by atoms with E-state index >= 15 is 0 Å². The van der Waals surface area contributed by atoms with Gasteiger partial charge in [-0.05, 0) is 24.1 Å². The minimum absolute atomic E-state index is 0.0631. The summed E-state index contributed by atoms with van der Waals surface area (Å²) in [5, 5.41) is 17.4. The monoisotopic (exact) mass is 254 g/mol. The Morgan fingerprint density at radius 2 is 2.29 bits per heavy atom. The molecular weight excluding hydrogens is 244 g/mol. The molecule has 3 nitrogen and oxygen atoms in total. The van der Waals surface area contributed by atoms with Gasteiger partial charge in [-0.15, -0.1) is 0 Å². The Bertz CT molecular complexity index is 360. The predicted molar refractivity (Wildman–Crippen MR) is 57.5 cm³/mol. The van der Waals surface area contributed by atoms with Crippen LogP contribution in [0.3, 0.4) is 0 Å². The Labute approximate surface area is 91.3 Å². The van der Waals surface area contributed by atoms with Crippen LogP contribution in [0.2, 0.25) is 0 Å². The lowest BCUT2D eigenvalue weighted by molar-refractivity contribution is 0.276. The molecule has 1 unspecified atom stereocenters. The van der Waals surface area contributed by atoms with Crippen molar-refractivity contribution in [3.8, 4) is 6.07 Å². The Morgan fingerprint density at radius 1 is 1.57 bits per heavy atom. The number of halogens is 1. The maximum atomic E-state index is 8.74. The lowest BCUT2D eigenvalue weighted by atomic mass is 10.0. The SMILES string of the molecule is N#Cc1ccc(C(N)CCO)c(Br)c1. The van der Waals surface area contributed by atoms with Gasteiger partial charge in [0.1, 0.15) is 0 Å². The van der Waals surface area contributed by atoms with Crippen molar-refractivity contribution in [2.75, 3.05) is 6.61 Å². The molecule has 1 rings (SSSR count). The average Bonchev–Trinajstić information content (AvgIpc) is 2.17. The lowest BCUT2D eigenvalue weighted by Gasteiger charge is -2.12. The molecule has 0 saturated heterocycles. The topological polar surface area (TPSA) is 70.0 Å². The quantitative estimate of drug-likeness (QED) is 0.863. The molecule has 0 aliphatic rings. The van der Waals surface area contributed by atoms with Gasteiger partial charge in [0.2, 0.25) is 0 Å². The van der Waals surface area contributed by atoms with Crippen LogP contribution in [-0.2, 0) is 0 Å². The maximum Gasteiger partial charge on any atom is 0.0992 e. The first kappa shape index (κ1) is 11.2. The molecule has 4 heteroatoms. The van der Waals surface area contributed by atoms with Gasteiger partial charge in [0.15, 0.2) is 0 Å². The molecule has 1 aromatic rings. The molecule has 1 atom stereocenters. The van der Waals surface area contributed by atoms with E-state index in [0.29, 0.717) is 12.0 Å². The fourth-order valence-corrected chi connectivity index (χ4v) is 1.86. The molecule has 1 aromatic carbocycles. The smallest absolute Gasteiger partial charge is 0.0992 e. The molecule has 0 fully saturated rings. The van der Waals surface area contributed by atoms with Gasteiger partial charge in [-0.1, -0.05) is 22.0 Å². The van der Waals surface area contributed by atoms with Crippen molar-refractivity contribution in [1.29, 1.82) is 5.26 Å². The first-order valence-corrected chi connectivity index (χ1v) is 5.04. The summed E-state index contributed by atoms with van der Waals surface area (Å²) >= 11 is 3.35. The van der Waals surface area contributed by atoms with Crippen LogP contribution in [0.1, 0.15) is 23.6 Å². The first-order valence-electron chi connectivity index (χ1n) is 4.25. The van der Waals surface area contributed by atoms with Gasteiger partial charge < -0.3 is 10.8 Å². The Morgan fingerprint density at radius 3 is 2.79 bits per heavy atom. The molecule has 0 aromatic heterocycles. The third-order valence-electron chi connectivity index (χ3n) is 1.97. The van der Waals surface area contributed by atoms with E-state index in [-0.39, 0.29) is 12.6 Å². The van der Waals surface area contributed by atoms with E-state index in [1.54, 1.807) is 12.1 Å². The number of nitrogens with zero attached hydrogens (tertiary/aromatic N) is 1. The molecular formula is C10H11BrN2O. The van der Waals surface area contributed by atoms with E-state index in [9.17, 15) is 0 Å². The summed E-state index contributed by atoms with van der Waals surface area (Å²) in [5.74, 6) is 0. The molecule has 74 valence electrons. The Hall–Kier alpha value is -0.890. The van der Waals surface area contributed by atoms with E-state index in [4.69, 9.17) is 16.1 Å². The van der Waals surface area contributed by atoms with Gasteiger partial charge in [0.25, 0.3) is 0 Å². The first-order chi connectivity index (χ1) is 6.69. The fraction of sp³-hybridized carbons (Fsp3) is 0.300. The van der Waals surface area contributed by atoms with Crippen molar-refractivity contribution in [3.05, 3.63) is 33.8 Å². The molecule has 0 heterocycles. The van der Waals surface area contributed by atoms with Crippen molar-refractivity contribution in [2.24, 2.45) is 5.73 Å². The number of nitriles is 1. The second-order valence-corrected chi connectivity index (χ2v) is 3.82. The standard InChI is InChI=1S/C10H11BrN2O/c11-9-5-7(6-12)1-2-8(9)10(13)3-4-14/h1-2,5,10,14H,3-4,13H2. The normalized spacial score (nSPS) is 12.1. The van der Waals surface area contributed by atoms with E-state index < -0.39 is 0 Å². The Balaban J connectivity index is 2.95. The molecule has 0 spiro atoms. The minimum atomic E-state index is -0.192. The van der Waals surface area contributed by atoms with Crippen LogP contribution in [-0.4, -0.2) is 11.7 Å². The van der Waals surface area contributed by atoms with Crippen molar-refractivity contribution in [2.45, 2.75) is 12.5 Å². The highest BCUT2D eigenvalue weighted by Crippen LogP contribution is 2.24. The average molecular weight is 255 g/mol. The van der Waals surface area contributed by atoms with Crippen molar-refractivity contribution < 1.29 is 5.11 Å². The zero-order chi connectivity index (χ0) is 10.6. The number of aliphatic hydroxyl groups excluding tert-OH is 1. The van der Waals surface area contributed by atoms with Crippen molar-refractivity contribution >= 4 is 15.9 Å². The molecule has 0 aliphatic carbocycles. The number of nitrogens with two attached hydrogens (primary N) is 1. The van der Waals surface area contributed by atoms with Gasteiger partial charge in [-0.25, -0.2) is 0 Å². The minimum Gasteiger partial charge on any atom is -0.396 e. The van der Waals surface area contributed by atoms with Crippen LogP contribution in [0.4, 0.5) is 0 Å². The third kappa shape index (κ3) is 2.55. The maximum absolute atomic E-state index is 8.74. The summed E-state index contributed by atoms with van der Waals surface area (Å²) in [7, 11) is 0. The zero-order valence-electron chi connectivity index (χ0n) is 7.57. The fourth-order valence-electron chi connectivity index (χ4n) is 1.19. The number of benzene rings is 1. The largest absolute Gasteiger partial charge is 0.396 e. The third-order valence-corrected chi connectivity index (χ3v) is 2.66. The highest BCUT2D eigenvalue weighted by molar-refractivity contribution is 9.10. The summed E-state index contributed by atoms with van der Waals surface area (Å²) in [4.78, 5) is 0. The molecule has 0 radical (unpaired) electrons.